The maximum atomic E-state index is 10.9. The monoisotopic (exact) mass is 206 g/mol. The van der Waals surface area contributed by atoms with Crippen LogP contribution in [0, 0.1) is 0 Å². The predicted octanol–water partition coefficient (Wildman–Crippen LogP) is -1.71. The molecule has 4 N–H and O–H groups in total. The van der Waals surface area contributed by atoms with Crippen LogP contribution in [-0.4, -0.2) is 43.4 Å². The molecule has 0 spiro atoms. The maximum absolute atomic E-state index is 10.9. The zero-order valence-corrected chi connectivity index (χ0v) is 8.29. The lowest BCUT2D eigenvalue weighted by molar-refractivity contribution is 0.343. The highest BCUT2D eigenvalue weighted by molar-refractivity contribution is 7.92. The van der Waals surface area contributed by atoms with Crippen LogP contribution in [0.25, 0.3) is 0 Å². The Bertz CT molecular complexity index is 299. The van der Waals surface area contributed by atoms with E-state index in [1.165, 1.54) is 0 Å². The lowest BCUT2D eigenvalue weighted by Gasteiger charge is -2.36. The van der Waals surface area contributed by atoms with Gasteiger partial charge < -0.3 is 16.5 Å². The fourth-order valence-electron chi connectivity index (χ4n) is 1.40. The minimum Gasteiger partial charge on any atom is -0.368 e. The number of hydrogen-bond donors (Lipinski definition) is 2. The smallest absolute Gasteiger partial charge is 0.213 e. The molecular weight excluding hydrogens is 192 g/mol. The first kappa shape index (κ1) is 10.1. The van der Waals surface area contributed by atoms with Gasteiger partial charge in [-0.2, -0.15) is 0 Å². The van der Waals surface area contributed by atoms with Gasteiger partial charge in [-0.3, -0.25) is 0 Å². The molecule has 1 saturated heterocycles. The van der Waals surface area contributed by atoms with Crippen molar-refractivity contribution in [1.82, 2.24) is 4.90 Å². The highest BCUT2D eigenvalue weighted by Crippen LogP contribution is 2.16. The summed E-state index contributed by atoms with van der Waals surface area (Å²) in [5.41, 5.74) is 5.48. The Balaban J connectivity index is 2.62. The Hall–Kier alpha value is -0.980. The Morgan fingerprint density at radius 3 is 2.46 bits per heavy atom. The van der Waals surface area contributed by atoms with Gasteiger partial charge in [0, 0.05) is 6.54 Å². The Kier molecular flexibility index (Phi) is 2.65. The van der Waals surface area contributed by atoms with E-state index >= 15 is 0 Å². The Morgan fingerprint density at radius 1 is 1.62 bits per heavy atom. The van der Waals surface area contributed by atoms with Crippen LogP contribution in [0.3, 0.4) is 0 Å². The fraction of sp³-hybridized carbons (Fsp3) is 0.833. The second-order valence-corrected chi connectivity index (χ2v) is 5.16. The van der Waals surface area contributed by atoms with Gasteiger partial charge in [-0.15, -0.1) is 5.10 Å². The summed E-state index contributed by atoms with van der Waals surface area (Å²) in [6.45, 7) is 2.50. The van der Waals surface area contributed by atoms with Gasteiger partial charge in [-0.25, -0.2) is 8.42 Å². The Morgan fingerprint density at radius 2 is 2.15 bits per heavy atom. The fourth-order valence-corrected chi connectivity index (χ4v) is 2.83. The normalized spacial score (nSPS) is 22.4. The average molecular weight is 206 g/mol. The molecule has 0 atom stereocenters. The molecule has 1 rings (SSSR count). The average Bonchev–Trinajstić information content (AvgIpc) is 2.02. The first-order valence-electron chi connectivity index (χ1n) is 4.00. The van der Waals surface area contributed by atoms with Crippen LogP contribution < -0.4 is 11.6 Å². The molecule has 0 aromatic carbocycles. The minimum absolute atomic E-state index is 0.0534. The van der Waals surface area contributed by atoms with Crippen molar-refractivity contribution in [3.05, 3.63) is 0 Å². The molecule has 0 unspecified atom stereocenters. The standard InChI is InChI=1S/C6H14N4O2S/c1-2-10(6(7)9-8)5-3-13(11,12)4-5/h5H,2-4,8H2,1H3,(H2,7,9). The van der Waals surface area contributed by atoms with Crippen molar-refractivity contribution in [2.45, 2.75) is 13.0 Å². The maximum Gasteiger partial charge on any atom is 0.213 e. The molecule has 1 aliphatic heterocycles. The zero-order valence-electron chi connectivity index (χ0n) is 7.47. The summed E-state index contributed by atoms with van der Waals surface area (Å²) >= 11 is 0. The summed E-state index contributed by atoms with van der Waals surface area (Å²) in [5, 5.41) is 3.34. The molecule has 0 aromatic rings. The van der Waals surface area contributed by atoms with Crippen LogP contribution >= 0.6 is 0 Å². The zero-order chi connectivity index (χ0) is 10.1. The highest BCUT2D eigenvalue weighted by atomic mass is 32.2. The van der Waals surface area contributed by atoms with E-state index in [4.69, 9.17) is 11.6 Å². The summed E-state index contributed by atoms with van der Waals surface area (Å²) in [4.78, 5) is 1.70. The first-order chi connectivity index (χ1) is 6.00. The number of hydrazone groups is 1. The largest absolute Gasteiger partial charge is 0.368 e. The van der Waals surface area contributed by atoms with Crippen LogP contribution in [-0.2, 0) is 9.84 Å². The van der Waals surface area contributed by atoms with E-state index in [0.717, 1.165) is 0 Å². The van der Waals surface area contributed by atoms with Crippen molar-refractivity contribution in [3.63, 3.8) is 0 Å². The third-order valence-corrected chi connectivity index (χ3v) is 3.89. The van der Waals surface area contributed by atoms with Crippen LogP contribution in [0.15, 0.2) is 5.10 Å². The molecule has 1 fully saturated rings. The van der Waals surface area contributed by atoms with Gasteiger partial charge in [0.25, 0.3) is 0 Å². The molecule has 1 aliphatic rings. The molecular formula is C6H14N4O2S. The van der Waals surface area contributed by atoms with E-state index in [9.17, 15) is 8.42 Å². The molecule has 0 aliphatic carbocycles. The molecule has 0 bridgehead atoms. The van der Waals surface area contributed by atoms with Crippen molar-refractivity contribution in [2.75, 3.05) is 18.1 Å². The molecule has 0 saturated carbocycles. The number of nitrogens with two attached hydrogens (primary N) is 2. The molecule has 0 amide bonds. The summed E-state index contributed by atoms with van der Waals surface area (Å²) in [7, 11) is -2.82. The number of sulfone groups is 1. The van der Waals surface area contributed by atoms with Gasteiger partial charge in [0.05, 0.1) is 17.5 Å². The van der Waals surface area contributed by atoms with E-state index in [-0.39, 0.29) is 23.5 Å². The van der Waals surface area contributed by atoms with Gasteiger partial charge in [0.1, 0.15) is 0 Å². The van der Waals surface area contributed by atoms with Crippen molar-refractivity contribution in [1.29, 1.82) is 0 Å². The first-order valence-corrected chi connectivity index (χ1v) is 5.82. The molecule has 76 valence electrons. The lowest BCUT2D eigenvalue weighted by Crippen LogP contribution is -2.57. The van der Waals surface area contributed by atoms with Gasteiger partial charge in [-0.05, 0) is 6.92 Å². The van der Waals surface area contributed by atoms with Crippen LogP contribution in [0.5, 0.6) is 0 Å². The second-order valence-electron chi connectivity index (χ2n) is 3.00. The SMILES string of the molecule is CCN(C(N)=NN)C1CS(=O)(=O)C1. The predicted molar refractivity (Wildman–Crippen MR) is 50.6 cm³/mol. The summed E-state index contributed by atoms with van der Waals surface area (Å²) in [5.74, 6) is 5.50. The van der Waals surface area contributed by atoms with Gasteiger partial charge in [-0.1, -0.05) is 0 Å². The number of nitrogens with zero attached hydrogens (tertiary/aromatic N) is 2. The summed E-state index contributed by atoms with van der Waals surface area (Å²) in [6.07, 6.45) is 0. The van der Waals surface area contributed by atoms with E-state index in [1.54, 1.807) is 4.90 Å². The Labute approximate surface area is 77.5 Å². The van der Waals surface area contributed by atoms with Crippen LogP contribution in [0.2, 0.25) is 0 Å². The van der Waals surface area contributed by atoms with E-state index in [2.05, 4.69) is 5.10 Å². The minimum atomic E-state index is -2.82. The van der Waals surface area contributed by atoms with Gasteiger partial charge in [0.15, 0.2) is 9.84 Å². The van der Waals surface area contributed by atoms with Crippen molar-refractivity contribution < 1.29 is 8.42 Å². The number of hydrogen-bond acceptors (Lipinski definition) is 4. The van der Waals surface area contributed by atoms with Crippen molar-refractivity contribution in [3.8, 4) is 0 Å². The molecule has 7 heteroatoms. The van der Waals surface area contributed by atoms with Gasteiger partial charge in [0.2, 0.25) is 5.96 Å². The van der Waals surface area contributed by atoms with Gasteiger partial charge >= 0.3 is 0 Å². The molecule has 1 heterocycles. The molecule has 6 nitrogen and oxygen atoms in total. The van der Waals surface area contributed by atoms with Crippen molar-refractivity contribution >= 4 is 15.8 Å². The topological polar surface area (TPSA) is 102 Å². The van der Waals surface area contributed by atoms with Crippen LogP contribution in [0.1, 0.15) is 6.92 Å². The second kappa shape index (κ2) is 3.41. The third-order valence-electron chi connectivity index (χ3n) is 2.10. The van der Waals surface area contributed by atoms with Crippen molar-refractivity contribution in [2.24, 2.45) is 16.7 Å². The van der Waals surface area contributed by atoms with E-state index in [0.29, 0.717) is 6.54 Å². The number of rotatable bonds is 2. The van der Waals surface area contributed by atoms with Crippen LogP contribution in [0.4, 0.5) is 0 Å². The molecule has 0 radical (unpaired) electrons. The highest BCUT2D eigenvalue weighted by Gasteiger charge is 2.37. The number of guanidine groups is 1. The summed E-state index contributed by atoms with van der Waals surface area (Å²) in [6, 6.07) is -0.0534. The summed E-state index contributed by atoms with van der Waals surface area (Å²) < 4.78 is 21.8. The third kappa shape index (κ3) is 2.03. The van der Waals surface area contributed by atoms with E-state index < -0.39 is 9.84 Å². The molecule has 13 heavy (non-hydrogen) atoms. The molecule has 0 aromatic heterocycles. The quantitative estimate of drug-likeness (QED) is 0.242. The van der Waals surface area contributed by atoms with E-state index in [1.807, 2.05) is 6.92 Å². The lowest BCUT2D eigenvalue weighted by atomic mass is 10.3.